The molecule has 6 nitrogen and oxygen atoms in total. The summed E-state index contributed by atoms with van der Waals surface area (Å²) in [4.78, 5) is 21.5. The van der Waals surface area contributed by atoms with Crippen molar-refractivity contribution in [2.75, 3.05) is 12.4 Å². The van der Waals surface area contributed by atoms with Crippen molar-refractivity contribution in [3.63, 3.8) is 0 Å². The Labute approximate surface area is 184 Å². The van der Waals surface area contributed by atoms with Gasteiger partial charge in [0, 0.05) is 17.1 Å². The van der Waals surface area contributed by atoms with Gasteiger partial charge in [-0.1, -0.05) is 29.8 Å². The number of hydrogen-bond acceptors (Lipinski definition) is 6. The van der Waals surface area contributed by atoms with Crippen LogP contribution in [0.5, 0.6) is 17.4 Å². The molecule has 0 fully saturated rings. The minimum absolute atomic E-state index is 0.166. The maximum atomic E-state index is 12.6. The van der Waals surface area contributed by atoms with Gasteiger partial charge in [0.1, 0.15) is 22.2 Å². The zero-order chi connectivity index (χ0) is 21.6. The van der Waals surface area contributed by atoms with Gasteiger partial charge in [-0.05, 0) is 43.3 Å². The van der Waals surface area contributed by atoms with Gasteiger partial charge in [0.05, 0.1) is 19.2 Å². The first-order valence-corrected chi connectivity index (χ1v) is 10.6. The van der Waals surface area contributed by atoms with E-state index in [0.29, 0.717) is 17.3 Å². The maximum absolute atomic E-state index is 12.6. The molecule has 0 saturated carbocycles. The molecule has 0 aliphatic rings. The van der Waals surface area contributed by atoms with Crippen molar-refractivity contribution in [2.24, 2.45) is 0 Å². The van der Waals surface area contributed by atoms with Crippen LogP contribution in [-0.4, -0.2) is 23.0 Å². The summed E-state index contributed by atoms with van der Waals surface area (Å²) in [5, 5.41) is 5.68. The number of amides is 1. The fraction of sp³-hybridized carbons (Fsp3) is 0.125. The molecule has 4 aromatic rings. The van der Waals surface area contributed by atoms with E-state index >= 15 is 0 Å². The number of nitrogens with zero attached hydrogens (tertiary/aromatic N) is 2. The molecule has 4 rings (SSSR count). The molecular formula is C24H21N3O3S. The minimum atomic E-state index is -0.187. The van der Waals surface area contributed by atoms with Crippen LogP contribution in [0.2, 0.25) is 0 Å². The maximum Gasteiger partial charge on any atom is 0.243 e. The predicted molar refractivity (Wildman–Crippen MR) is 122 cm³/mol. The molecular weight excluding hydrogens is 410 g/mol. The average Bonchev–Trinajstić information content (AvgIpc) is 3.24. The Kier molecular flexibility index (Phi) is 6.24. The molecule has 0 atom stereocenters. The number of nitrogens with one attached hydrogen (secondary N) is 1. The van der Waals surface area contributed by atoms with Gasteiger partial charge in [0.25, 0.3) is 0 Å². The van der Waals surface area contributed by atoms with Crippen molar-refractivity contribution in [1.82, 2.24) is 9.97 Å². The lowest BCUT2D eigenvalue weighted by molar-refractivity contribution is -0.115. The summed E-state index contributed by atoms with van der Waals surface area (Å²) < 4.78 is 11.0. The zero-order valence-electron chi connectivity index (χ0n) is 17.2. The molecule has 156 valence electrons. The lowest BCUT2D eigenvalue weighted by Crippen LogP contribution is -2.15. The van der Waals surface area contributed by atoms with Crippen LogP contribution in [0.4, 0.5) is 5.69 Å². The van der Waals surface area contributed by atoms with E-state index in [4.69, 9.17) is 9.47 Å². The lowest BCUT2D eigenvalue weighted by atomic mass is 10.2. The first-order chi connectivity index (χ1) is 15.1. The highest BCUT2D eigenvalue weighted by Gasteiger charge is 2.13. The van der Waals surface area contributed by atoms with Gasteiger partial charge in [-0.3, -0.25) is 4.79 Å². The average molecular weight is 432 g/mol. The number of benzene rings is 2. The fourth-order valence-corrected chi connectivity index (χ4v) is 3.72. The number of anilines is 1. The number of ether oxygens (including phenoxy) is 2. The van der Waals surface area contributed by atoms with Crippen LogP contribution in [0.15, 0.2) is 72.2 Å². The third-order valence-corrected chi connectivity index (χ3v) is 5.45. The van der Waals surface area contributed by atoms with E-state index in [2.05, 4.69) is 27.4 Å². The van der Waals surface area contributed by atoms with E-state index in [1.807, 2.05) is 24.4 Å². The molecule has 0 radical (unpaired) electrons. The van der Waals surface area contributed by atoms with Crippen molar-refractivity contribution < 1.29 is 14.3 Å². The van der Waals surface area contributed by atoms with E-state index < -0.39 is 0 Å². The quantitative estimate of drug-likeness (QED) is 0.418. The van der Waals surface area contributed by atoms with Gasteiger partial charge in [0.2, 0.25) is 11.8 Å². The van der Waals surface area contributed by atoms with Crippen molar-refractivity contribution in [2.45, 2.75) is 13.3 Å². The minimum Gasteiger partial charge on any atom is -0.497 e. The second-order valence-electron chi connectivity index (χ2n) is 6.87. The largest absolute Gasteiger partial charge is 0.497 e. The Morgan fingerprint density at radius 1 is 1.03 bits per heavy atom. The van der Waals surface area contributed by atoms with Gasteiger partial charge in [-0.25, -0.2) is 9.97 Å². The van der Waals surface area contributed by atoms with Crippen molar-refractivity contribution in [3.05, 3.63) is 83.5 Å². The number of carbonyl (C=O) groups is 1. The van der Waals surface area contributed by atoms with Gasteiger partial charge >= 0.3 is 0 Å². The lowest BCUT2D eigenvalue weighted by Gasteiger charge is -2.11. The summed E-state index contributed by atoms with van der Waals surface area (Å²) in [6.07, 6.45) is 1.78. The summed E-state index contributed by atoms with van der Waals surface area (Å²) in [5.74, 6) is 1.46. The van der Waals surface area contributed by atoms with Crippen LogP contribution in [0.3, 0.4) is 0 Å². The number of aryl methyl sites for hydroxylation is 1. The number of hydrogen-bond donors (Lipinski definition) is 1. The number of rotatable bonds is 7. The van der Waals surface area contributed by atoms with Crippen molar-refractivity contribution in [1.29, 1.82) is 0 Å². The molecule has 7 heteroatoms. The molecule has 0 bridgehead atoms. The van der Waals surface area contributed by atoms with E-state index in [0.717, 1.165) is 22.0 Å². The summed E-state index contributed by atoms with van der Waals surface area (Å²) in [6, 6.07) is 18.8. The SMILES string of the molecule is COc1ccc(Oc2ncccc2NC(=O)Cc2csc(-c3ccc(C)cc3)n2)cc1. The first kappa shape index (κ1) is 20.6. The van der Waals surface area contributed by atoms with Crippen LogP contribution < -0.4 is 14.8 Å². The van der Waals surface area contributed by atoms with Gasteiger partial charge < -0.3 is 14.8 Å². The summed E-state index contributed by atoms with van der Waals surface area (Å²) in [5.41, 5.74) is 3.46. The molecule has 1 amide bonds. The van der Waals surface area contributed by atoms with Gasteiger partial charge in [-0.2, -0.15) is 0 Å². The fourth-order valence-electron chi connectivity index (χ4n) is 2.90. The number of methoxy groups -OCH3 is 1. The highest BCUT2D eigenvalue weighted by molar-refractivity contribution is 7.13. The standard InChI is InChI=1S/C24H21N3O3S/c1-16-5-7-17(8-6-16)24-26-18(15-31-24)14-22(28)27-21-4-3-13-25-23(21)30-20-11-9-19(29-2)10-12-20/h3-13,15H,14H2,1-2H3,(H,27,28). The smallest absolute Gasteiger partial charge is 0.243 e. The first-order valence-electron chi connectivity index (χ1n) is 9.69. The molecule has 0 unspecified atom stereocenters. The molecule has 0 saturated heterocycles. The Balaban J connectivity index is 1.42. The van der Waals surface area contributed by atoms with Crippen LogP contribution in [0, 0.1) is 6.92 Å². The Morgan fingerprint density at radius 2 is 1.77 bits per heavy atom. The molecule has 31 heavy (non-hydrogen) atoms. The number of aromatic nitrogens is 2. The van der Waals surface area contributed by atoms with Crippen LogP contribution >= 0.6 is 11.3 Å². The van der Waals surface area contributed by atoms with Crippen molar-refractivity contribution in [3.8, 4) is 28.0 Å². The van der Waals surface area contributed by atoms with E-state index in [9.17, 15) is 4.79 Å². The normalized spacial score (nSPS) is 10.5. The monoisotopic (exact) mass is 431 g/mol. The summed E-state index contributed by atoms with van der Waals surface area (Å²) >= 11 is 1.53. The van der Waals surface area contributed by atoms with Crippen molar-refractivity contribution >= 4 is 22.9 Å². The second-order valence-corrected chi connectivity index (χ2v) is 7.73. The van der Waals surface area contributed by atoms with E-state index in [-0.39, 0.29) is 12.3 Å². The predicted octanol–water partition coefficient (Wildman–Crippen LogP) is 5.50. The van der Waals surface area contributed by atoms with Crippen LogP contribution in [0.1, 0.15) is 11.3 Å². The number of pyridine rings is 1. The molecule has 2 heterocycles. The number of thiazole rings is 1. The molecule has 1 N–H and O–H groups in total. The molecule has 2 aromatic carbocycles. The Bertz CT molecular complexity index is 1170. The third-order valence-electron chi connectivity index (χ3n) is 4.51. The highest BCUT2D eigenvalue weighted by Crippen LogP contribution is 2.29. The molecule has 0 spiro atoms. The third kappa shape index (κ3) is 5.26. The molecule has 0 aliphatic carbocycles. The Morgan fingerprint density at radius 3 is 2.52 bits per heavy atom. The molecule has 0 aliphatic heterocycles. The topological polar surface area (TPSA) is 73.3 Å². The summed E-state index contributed by atoms with van der Waals surface area (Å²) in [7, 11) is 1.61. The van der Waals surface area contributed by atoms with E-state index in [1.165, 1.54) is 16.9 Å². The summed E-state index contributed by atoms with van der Waals surface area (Å²) in [6.45, 7) is 2.05. The van der Waals surface area contributed by atoms with E-state index in [1.54, 1.807) is 49.7 Å². The van der Waals surface area contributed by atoms with Gasteiger partial charge in [-0.15, -0.1) is 11.3 Å². The zero-order valence-corrected chi connectivity index (χ0v) is 18.0. The Hall–Kier alpha value is -3.71. The second kappa shape index (κ2) is 9.40. The molecule has 2 aromatic heterocycles. The highest BCUT2D eigenvalue weighted by atomic mass is 32.1. The van der Waals surface area contributed by atoms with Crippen LogP contribution in [0.25, 0.3) is 10.6 Å². The van der Waals surface area contributed by atoms with Crippen LogP contribution in [-0.2, 0) is 11.2 Å². The number of carbonyl (C=O) groups excluding carboxylic acids is 1. The van der Waals surface area contributed by atoms with Gasteiger partial charge in [0.15, 0.2) is 0 Å².